The van der Waals surface area contributed by atoms with E-state index in [0.29, 0.717) is 31.0 Å². The van der Waals surface area contributed by atoms with Crippen LogP contribution in [0.3, 0.4) is 0 Å². The molecule has 1 heterocycles. The van der Waals surface area contributed by atoms with Crippen molar-refractivity contribution in [2.24, 2.45) is 0 Å². The molecule has 6 heteroatoms. The summed E-state index contributed by atoms with van der Waals surface area (Å²) in [7, 11) is 1.75. The second-order valence-corrected chi connectivity index (χ2v) is 4.31. The van der Waals surface area contributed by atoms with Crippen molar-refractivity contribution in [3.05, 3.63) is 31.4 Å². The van der Waals surface area contributed by atoms with Gasteiger partial charge >= 0.3 is 0 Å². The Morgan fingerprint density at radius 2 is 1.89 bits per heavy atom. The third-order valence-corrected chi connectivity index (χ3v) is 2.65. The van der Waals surface area contributed by atoms with E-state index in [1.54, 1.807) is 25.3 Å². The van der Waals surface area contributed by atoms with E-state index in [9.17, 15) is 5.11 Å². The molecule has 0 bridgehead atoms. The zero-order chi connectivity index (χ0) is 14.3. The maximum Gasteiger partial charge on any atom is 0.223 e. The van der Waals surface area contributed by atoms with Crippen LogP contribution < -0.4 is 16.4 Å². The van der Waals surface area contributed by atoms with Crippen LogP contribution in [0, 0.1) is 0 Å². The van der Waals surface area contributed by atoms with Crippen LogP contribution in [-0.2, 0) is 0 Å². The van der Waals surface area contributed by atoms with E-state index in [1.807, 2.05) is 0 Å². The number of hydrogen-bond donors (Lipinski definition) is 4. The van der Waals surface area contributed by atoms with Crippen molar-refractivity contribution in [1.29, 1.82) is 0 Å². The molecule has 0 amide bonds. The summed E-state index contributed by atoms with van der Waals surface area (Å²) in [5, 5.41) is 16.3. The molecule has 0 saturated carbocycles. The lowest BCUT2D eigenvalue weighted by atomic mass is 9.95. The first-order chi connectivity index (χ1) is 9.03. The lowest BCUT2D eigenvalue weighted by Gasteiger charge is -2.26. The Hall–Kier alpha value is -2.08. The largest absolute Gasteiger partial charge is 0.387 e. The predicted octanol–water partition coefficient (Wildman–Crippen LogP) is 1.40. The van der Waals surface area contributed by atoms with E-state index in [1.165, 1.54) is 0 Å². The number of nitrogens with two attached hydrogens (primary N) is 1. The molecule has 0 unspecified atom stereocenters. The Kier molecular flexibility index (Phi) is 5.32. The van der Waals surface area contributed by atoms with Crippen LogP contribution in [0.4, 0.5) is 17.6 Å². The molecule has 0 atom stereocenters. The lowest BCUT2D eigenvalue weighted by molar-refractivity contribution is 0.0599. The smallest absolute Gasteiger partial charge is 0.223 e. The molecular weight excluding hydrogens is 242 g/mol. The van der Waals surface area contributed by atoms with Gasteiger partial charge in [-0.05, 0) is 12.8 Å². The van der Waals surface area contributed by atoms with Gasteiger partial charge in [0.05, 0.1) is 5.60 Å². The van der Waals surface area contributed by atoms with Gasteiger partial charge in [-0.25, -0.2) is 0 Å². The monoisotopic (exact) mass is 263 g/mol. The fourth-order valence-corrected chi connectivity index (χ4v) is 1.70. The van der Waals surface area contributed by atoms with Crippen LogP contribution in [0.25, 0.3) is 0 Å². The molecular formula is C13H21N5O. The highest BCUT2D eigenvalue weighted by atomic mass is 16.3. The fraction of sp³-hybridized carbons (Fsp3) is 0.385. The van der Waals surface area contributed by atoms with Crippen molar-refractivity contribution in [2.75, 3.05) is 30.0 Å². The minimum atomic E-state index is -0.928. The fourth-order valence-electron chi connectivity index (χ4n) is 1.70. The summed E-state index contributed by atoms with van der Waals surface area (Å²) in [6, 6.07) is 1.72. The molecule has 1 aromatic heterocycles. The summed E-state index contributed by atoms with van der Waals surface area (Å²) in [4.78, 5) is 8.05. The molecule has 0 saturated heterocycles. The molecule has 19 heavy (non-hydrogen) atoms. The Bertz CT molecular complexity index is 437. The molecule has 5 N–H and O–H groups in total. The summed E-state index contributed by atoms with van der Waals surface area (Å²) < 4.78 is 0. The Morgan fingerprint density at radius 3 is 2.42 bits per heavy atom. The number of aromatic nitrogens is 2. The maximum absolute atomic E-state index is 10.4. The van der Waals surface area contributed by atoms with Gasteiger partial charge in [0.1, 0.15) is 11.6 Å². The third kappa shape index (κ3) is 4.59. The summed E-state index contributed by atoms with van der Waals surface area (Å²) >= 11 is 0. The van der Waals surface area contributed by atoms with Gasteiger partial charge in [-0.15, -0.1) is 13.2 Å². The van der Waals surface area contributed by atoms with E-state index in [2.05, 4.69) is 33.8 Å². The van der Waals surface area contributed by atoms with Gasteiger partial charge in [0, 0.05) is 19.7 Å². The van der Waals surface area contributed by atoms with Gasteiger partial charge in [0.2, 0.25) is 5.95 Å². The van der Waals surface area contributed by atoms with Crippen LogP contribution in [0.2, 0.25) is 0 Å². The van der Waals surface area contributed by atoms with Crippen molar-refractivity contribution < 1.29 is 5.11 Å². The van der Waals surface area contributed by atoms with E-state index < -0.39 is 5.60 Å². The molecule has 0 aliphatic heterocycles. The number of anilines is 3. The number of hydrogen-bond acceptors (Lipinski definition) is 6. The standard InChI is InChI=1S/C13H21N5O/c1-4-6-13(19,7-5-2)9-16-11-8-10(15-3)17-12(14)18-11/h4-5,8,19H,1-2,6-7,9H2,3H3,(H4,14,15,16,17,18). The number of nitrogen functional groups attached to an aromatic ring is 1. The first-order valence-electron chi connectivity index (χ1n) is 6.03. The second kappa shape index (κ2) is 6.75. The highest BCUT2D eigenvalue weighted by Crippen LogP contribution is 2.19. The summed E-state index contributed by atoms with van der Waals surface area (Å²) in [5.74, 6) is 1.35. The Balaban J connectivity index is 2.76. The van der Waals surface area contributed by atoms with Crippen molar-refractivity contribution >= 4 is 17.6 Å². The van der Waals surface area contributed by atoms with Crippen LogP contribution >= 0.6 is 0 Å². The van der Waals surface area contributed by atoms with Crippen molar-refractivity contribution in [3.8, 4) is 0 Å². The quantitative estimate of drug-likeness (QED) is 0.529. The average Bonchev–Trinajstić information content (AvgIpc) is 2.36. The molecule has 0 spiro atoms. The van der Waals surface area contributed by atoms with E-state index in [0.717, 1.165) is 0 Å². The first-order valence-corrected chi connectivity index (χ1v) is 6.03. The minimum Gasteiger partial charge on any atom is -0.387 e. The summed E-state index contributed by atoms with van der Waals surface area (Å²) in [6.07, 6.45) is 4.29. The molecule has 0 aromatic carbocycles. The molecule has 104 valence electrons. The van der Waals surface area contributed by atoms with Gasteiger partial charge in [-0.1, -0.05) is 12.2 Å². The van der Waals surface area contributed by atoms with Crippen molar-refractivity contribution in [3.63, 3.8) is 0 Å². The minimum absolute atomic E-state index is 0.172. The molecule has 0 aliphatic carbocycles. The zero-order valence-corrected chi connectivity index (χ0v) is 11.2. The molecule has 6 nitrogen and oxygen atoms in total. The summed E-state index contributed by atoms with van der Waals surface area (Å²) in [6.45, 7) is 7.62. The average molecular weight is 263 g/mol. The SMILES string of the molecule is C=CCC(O)(CC=C)CNc1cc(NC)nc(N)n1. The van der Waals surface area contributed by atoms with Crippen LogP contribution in [0.1, 0.15) is 12.8 Å². The molecule has 1 rings (SSSR count). The Labute approximate surface area is 113 Å². The van der Waals surface area contributed by atoms with Crippen molar-refractivity contribution in [2.45, 2.75) is 18.4 Å². The van der Waals surface area contributed by atoms with Crippen LogP contribution in [-0.4, -0.2) is 34.3 Å². The van der Waals surface area contributed by atoms with Gasteiger partial charge in [0.25, 0.3) is 0 Å². The first kappa shape index (κ1) is 15.0. The summed E-state index contributed by atoms with van der Waals surface area (Å²) in [5.41, 5.74) is 4.67. The van der Waals surface area contributed by atoms with Crippen LogP contribution in [0.5, 0.6) is 0 Å². The van der Waals surface area contributed by atoms with E-state index in [4.69, 9.17) is 5.73 Å². The topological polar surface area (TPSA) is 96.1 Å². The molecule has 0 radical (unpaired) electrons. The van der Waals surface area contributed by atoms with Crippen molar-refractivity contribution in [1.82, 2.24) is 9.97 Å². The number of nitrogens with one attached hydrogen (secondary N) is 2. The molecule has 1 aromatic rings. The predicted molar refractivity (Wildman–Crippen MR) is 79.1 cm³/mol. The highest BCUT2D eigenvalue weighted by Gasteiger charge is 2.23. The van der Waals surface area contributed by atoms with E-state index >= 15 is 0 Å². The second-order valence-electron chi connectivity index (χ2n) is 4.31. The Morgan fingerprint density at radius 1 is 1.32 bits per heavy atom. The zero-order valence-electron chi connectivity index (χ0n) is 11.2. The number of nitrogens with zero attached hydrogens (tertiary/aromatic N) is 2. The third-order valence-electron chi connectivity index (χ3n) is 2.65. The number of rotatable bonds is 8. The molecule has 0 aliphatic rings. The van der Waals surface area contributed by atoms with Gasteiger partial charge in [-0.2, -0.15) is 9.97 Å². The normalized spacial score (nSPS) is 10.8. The number of aliphatic hydroxyl groups is 1. The van der Waals surface area contributed by atoms with Crippen LogP contribution in [0.15, 0.2) is 31.4 Å². The highest BCUT2D eigenvalue weighted by molar-refractivity contribution is 5.50. The lowest BCUT2D eigenvalue weighted by Crippen LogP contribution is -2.36. The van der Waals surface area contributed by atoms with Gasteiger partial charge in [-0.3, -0.25) is 0 Å². The maximum atomic E-state index is 10.4. The van der Waals surface area contributed by atoms with Gasteiger partial charge < -0.3 is 21.5 Å². The molecule has 0 fully saturated rings. The van der Waals surface area contributed by atoms with Gasteiger partial charge in [0.15, 0.2) is 0 Å². The van der Waals surface area contributed by atoms with E-state index in [-0.39, 0.29) is 5.95 Å².